The van der Waals surface area contributed by atoms with Crippen LogP contribution in [0.3, 0.4) is 0 Å². The lowest BCUT2D eigenvalue weighted by atomic mass is 10.0. The van der Waals surface area contributed by atoms with E-state index in [1.54, 1.807) is 12.3 Å². The maximum Gasteiger partial charge on any atom is 0.340 e. The molecule has 1 aliphatic heterocycles. The average molecular weight is 382 g/mol. The molecule has 6 nitrogen and oxygen atoms in total. The molecule has 0 unspecified atom stereocenters. The zero-order chi connectivity index (χ0) is 19.8. The molecule has 0 spiro atoms. The van der Waals surface area contributed by atoms with E-state index < -0.39 is 5.63 Å². The van der Waals surface area contributed by atoms with Crippen molar-refractivity contribution in [1.29, 1.82) is 0 Å². The molecule has 2 aromatic heterocycles. The zero-order valence-corrected chi connectivity index (χ0v) is 16.6. The van der Waals surface area contributed by atoms with Crippen LogP contribution in [-0.2, 0) is 11.2 Å². The SMILES string of the molecule is CCN1CCC[C@@H]1CNC(=O)Cc1c(C)c2cc3c(C)coc3cc2oc1=O. The zero-order valence-electron chi connectivity index (χ0n) is 16.6. The number of rotatable bonds is 5. The van der Waals surface area contributed by atoms with Gasteiger partial charge in [0.25, 0.3) is 0 Å². The summed E-state index contributed by atoms with van der Waals surface area (Å²) in [6.45, 7) is 8.70. The lowest BCUT2D eigenvalue weighted by Gasteiger charge is -2.22. The van der Waals surface area contributed by atoms with Crippen LogP contribution in [0.1, 0.15) is 36.5 Å². The van der Waals surface area contributed by atoms with E-state index in [1.807, 2.05) is 19.9 Å². The van der Waals surface area contributed by atoms with Crippen molar-refractivity contribution in [2.45, 2.75) is 46.1 Å². The topological polar surface area (TPSA) is 75.7 Å². The van der Waals surface area contributed by atoms with Gasteiger partial charge in [-0.3, -0.25) is 9.69 Å². The van der Waals surface area contributed by atoms with Crippen LogP contribution in [0.2, 0.25) is 0 Å². The number of aryl methyl sites for hydroxylation is 2. The van der Waals surface area contributed by atoms with Crippen molar-refractivity contribution < 1.29 is 13.6 Å². The summed E-state index contributed by atoms with van der Waals surface area (Å²) in [7, 11) is 0. The van der Waals surface area contributed by atoms with Crippen LogP contribution < -0.4 is 10.9 Å². The third-order valence-electron chi connectivity index (χ3n) is 5.95. The predicted molar refractivity (Wildman–Crippen MR) is 109 cm³/mol. The van der Waals surface area contributed by atoms with Gasteiger partial charge in [-0.2, -0.15) is 0 Å². The van der Waals surface area contributed by atoms with Gasteiger partial charge >= 0.3 is 5.63 Å². The molecule has 1 fully saturated rings. The van der Waals surface area contributed by atoms with Gasteiger partial charge in [0.1, 0.15) is 11.2 Å². The Hall–Kier alpha value is -2.60. The van der Waals surface area contributed by atoms with Gasteiger partial charge in [-0.1, -0.05) is 6.92 Å². The first-order chi connectivity index (χ1) is 13.5. The summed E-state index contributed by atoms with van der Waals surface area (Å²) < 4.78 is 11.0. The fourth-order valence-electron chi connectivity index (χ4n) is 4.24. The molecular formula is C22H26N2O4. The highest BCUT2D eigenvalue weighted by Gasteiger charge is 2.23. The van der Waals surface area contributed by atoms with Crippen molar-refractivity contribution in [2.24, 2.45) is 0 Å². The van der Waals surface area contributed by atoms with E-state index in [0.29, 0.717) is 29.3 Å². The Bertz CT molecular complexity index is 1100. The van der Waals surface area contributed by atoms with Gasteiger partial charge < -0.3 is 14.2 Å². The maximum atomic E-state index is 12.5. The van der Waals surface area contributed by atoms with Crippen LogP contribution in [0.4, 0.5) is 0 Å². The maximum absolute atomic E-state index is 12.5. The number of hydrogen-bond donors (Lipinski definition) is 1. The minimum Gasteiger partial charge on any atom is -0.464 e. The molecule has 3 aromatic rings. The molecular weight excluding hydrogens is 356 g/mol. The van der Waals surface area contributed by atoms with E-state index >= 15 is 0 Å². The van der Waals surface area contributed by atoms with E-state index in [1.165, 1.54) is 6.42 Å². The number of nitrogens with one attached hydrogen (secondary N) is 1. The predicted octanol–water partition coefficient (Wildman–Crippen LogP) is 3.30. The fourth-order valence-corrected chi connectivity index (χ4v) is 4.24. The van der Waals surface area contributed by atoms with E-state index in [0.717, 1.165) is 41.4 Å². The molecule has 0 bridgehead atoms. The number of carbonyl (C=O) groups is 1. The number of benzene rings is 1. The summed E-state index contributed by atoms with van der Waals surface area (Å²) >= 11 is 0. The largest absolute Gasteiger partial charge is 0.464 e. The Morgan fingerprint density at radius 2 is 2.07 bits per heavy atom. The average Bonchev–Trinajstić information content (AvgIpc) is 3.28. The van der Waals surface area contributed by atoms with Crippen LogP contribution in [0, 0.1) is 13.8 Å². The molecule has 1 atom stereocenters. The van der Waals surface area contributed by atoms with Crippen LogP contribution in [0.25, 0.3) is 21.9 Å². The Balaban J connectivity index is 1.57. The lowest BCUT2D eigenvalue weighted by Crippen LogP contribution is -2.40. The van der Waals surface area contributed by atoms with Crippen molar-refractivity contribution in [3.63, 3.8) is 0 Å². The van der Waals surface area contributed by atoms with E-state index in [2.05, 4.69) is 17.1 Å². The molecule has 6 heteroatoms. The highest BCUT2D eigenvalue weighted by atomic mass is 16.4. The van der Waals surface area contributed by atoms with Gasteiger partial charge in [-0.15, -0.1) is 0 Å². The Morgan fingerprint density at radius 3 is 2.86 bits per heavy atom. The van der Waals surface area contributed by atoms with Gasteiger partial charge in [0.2, 0.25) is 5.91 Å². The van der Waals surface area contributed by atoms with Crippen molar-refractivity contribution in [2.75, 3.05) is 19.6 Å². The fraction of sp³-hybridized carbons (Fsp3) is 0.455. The Kier molecular flexibility index (Phi) is 4.98. The van der Waals surface area contributed by atoms with Crippen molar-refractivity contribution in [1.82, 2.24) is 10.2 Å². The van der Waals surface area contributed by atoms with Crippen molar-refractivity contribution in [3.8, 4) is 0 Å². The first-order valence-electron chi connectivity index (χ1n) is 9.92. The normalized spacial score (nSPS) is 17.6. The number of hydrogen-bond acceptors (Lipinski definition) is 5. The van der Waals surface area contributed by atoms with Crippen LogP contribution in [-0.4, -0.2) is 36.5 Å². The molecule has 148 valence electrons. The van der Waals surface area contributed by atoms with Gasteiger partial charge in [-0.25, -0.2) is 4.79 Å². The Labute approximate surface area is 163 Å². The molecule has 1 aromatic carbocycles. The standard InChI is InChI=1S/C22H26N2O4/c1-4-24-7-5-6-15(24)11-23-21(25)9-18-14(3)17-8-16-13(2)12-27-19(16)10-20(17)28-22(18)26/h8,10,12,15H,4-7,9,11H2,1-3H3,(H,23,25)/t15-/m1/s1. The van der Waals surface area contributed by atoms with Gasteiger partial charge in [0.15, 0.2) is 0 Å². The first-order valence-corrected chi connectivity index (χ1v) is 9.92. The lowest BCUT2D eigenvalue weighted by molar-refractivity contribution is -0.120. The summed E-state index contributed by atoms with van der Waals surface area (Å²) in [5, 5.41) is 4.83. The number of carbonyl (C=O) groups excluding carboxylic acids is 1. The molecule has 3 heterocycles. The number of fused-ring (bicyclic) bond motifs is 2. The first kappa shape index (κ1) is 18.7. The summed E-state index contributed by atoms with van der Waals surface area (Å²) in [4.78, 5) is 27.4. The molecule has 1 amide bonds. The number of furan rings is 1. The molecule has 28 heavy (non-hydrogen) atoms. The second-order valence-electron chi connectivity index (χ2n) is 7.66. The molecule has 0 radical (unpaired) electrons. The summed E-state index contributed by atoms with van der Waals surface area (Å²) in [6.07, 6.45) is 3.99. The van der Waals surface area contributed by atoms with Gasteiger partial charge in [-0.05, 0) is 57.0 Å². The number of likely N-dealkylation sites (N-methyl/N-ethyl adjacent to an activating group) is 1. The van der Waals surface area contributed by atoms with E-state index in [9.17, 15) is 9.59 Å². The van der Waals surface area contributed by atoms with Crippen LogP contribution >= 0.6 is 0 Å². The summed E-state index contributed by atoms with van der Waals surface area (Å²) in [5.41, 5.74) is 2.95. The van der Waals surface area contributed by atoms with E-state index in [4.69, 9.17) is 8.83 Å². The van der Waals surface area contributed by atoms with Crippen LogP contribution in [0.5, 0.6) is 0 Å². The molecule has 1 saturated heterocycles. The van der Waals surface area contributed by atoms with Gasteiger partial charge in [0.05, 0.1) is 18.2 Å². The summed E-state index contributed by atoms with van der Waals surface area (Å²) in [6, 6.07) is 4.11. The second-order valence-corrected chi connectivity index (χ2v) is 7.66. The molecule has 1 aliphatic rings. The number of amides is 1. The minimum absolute atomic E-state index is 0.0331. The molecule has 1 N–H and O–H groups in total. The highest BCUT2D eigenvalue weighted by Crippen LogP contribution is 2.28. The monoisotopic (exact) mass is 382 g/mol. The van der Waals surface area contributed by atoms with Crippen molar-refractivity contribution >= 4 is 27.8 Å². The highest BCUT2D eigenvalue weighted by molar-refractivity contribution is 5.96. The number of nitrogens with zero attached hydrogens (tertiary/aromatic N) is 1. The number of likely N-dealkylation sites (tertiary alicyclic amines) is 1. The smallest absolute Gasteiger partial charge is 0.340 e. The van der Waals surface area contributed by atoms with Crippen LogP contribution in [0.15, 0.2) is 32.0 Å². The minimum atomic E-state index is -0.459. The van der Waals surface area contributed by atoms with Gasteiger partial charge in [0, 0.05) is 29.4 Å². The molecule has 0 saturated carbocycles. The molecule has 4 rings (SSSR count). The van der Waals surface area contributed by atoms with Crippen molar-refractivity contribution in [3.05, 3.63) is 45.5 Å². The van der Waals surface area contributed by atoms with E-state index in [-0.39, 0.29) is 12.3 Å². The third kappa shape index (κ3) is 3.33. The Morgan fingerprint density at radius 1 is 1.25 bits per heavy atom. The quantitative estimate of drug-likeness (QED) is 0.685. The summed E-state index contributed by atoms with van der Waals surface area (Å²) in [5.74, 6) is -0.140. The second kappa shape index (κ2) is 7.43. The molecule has 0 aliphatic carbocycles. The third-order valence-corrected chi connectivity index (χ3v) is 5.95.